The Hall–Kier alpha value is -1.66. The van der Waals surface area contributed by atoms with Crippen LogP contribution in [0.2, 0.25) is 0 Å². The number of nitrogens with zero attached hydrogens (tertiary/aromatic N) is 4. The summed E-state index contributed by atoms with van der Waals surface area (Å²) in [6.07, 6.45) is 25.0. The molecule has 0 aromatic carbocycles. The van der Waals surface area contributed by atoms with Crippen molar-refractivity contribution in [3.8, 4) is 0 Å². The van der Waals surface area contributed by atoms with E-state index in [1.807, 2.05) is 0 Å². The smallest absolute Gasteiger partial charge is 0.245 e. The zero-order valence-electron chi connectivity index (χ0n) is 19.4. The van der Waals surface area contributed by atoms with Crippen molar-refractivity contribution in [2.24, 2.45) is 0 Å². The van der Waals surface area contributed by atoms with Gasteiger partial charge in [0, 0.05) is 0 Å². The molecule has 0 amide bonds. The third-order valence-corrected chi connectivity index (χ3v) is 5.34. The number of aryl methyl sites for hydroxylation is 2. The van der Waals surface area contributed by atoms with E-state index in [0.29, 0.717) is 13.5 Å². The summed E-state index contributed by atoms with van der Waals surface area (Å²) in [6.45, 7) is 9.65. The molecule has 0 bridgehead atoms. The van der Waals surface area contributed by atoms with Crippen molar-refractivity contribution in [3.05, 3.63) is 37.4 Å². The first kappa shape index (κ1) is 24.6. The summed E-state index contributed by atoms with van der Waals surface area (Å²) < 4.78 is 20.3. The minimum absolute atomic E-state index is 0.652. The summed E-state index contributed by atoms with van der Waals surface area (Å²) in [5.41, 5.74) is 0. The number of rotatable bonds is 19. The average molecular weight is 421 g/mol. The second-order valence-corrected chi connectivity index (χ2v) is 8.23. The van der Waals surface area contributed by atoms with E-state index >= 15 is 0 Å². The van der Waals surface area contributed by atoms with Gasteiger partial charge < -0.3 is 9.47 Å². The highest BCUT2D eigenvalue weighted by Crippen LogP contribution is 2.01. The Balaban J connectivity index is 1.39. The summed E-state index contributed by atoms with van der Waals surface area (Å²) in [6, 6.07) is 0. The van der Waals surface area contributed by atoms with Crippen molar-refractivity contribution in [2.45, 2.75) is 105 Å². The highest BCUT2D eigenvalue weighted by molar-refractivity contribution is 4.66. The Bertz CT molecular complexity index is 597. The molecule has 0 aliphatic heterocycles. The van der Waals surface area contributed by atoms with Gasteiger partial charge >= 0.3 is 0 Å². The van der Waals surface area contributed by atoms with Gasteiger partial charge in [-0.3, -0.25) is 0 Å². The van der Waals surface area contributed by atoms with Gasteiger partial charge in [-0.2, -0.15) is 0 Å². The molecule has 170 valence electrons. The molecule has 2 aromatic rings. The van der Waals surface area contributed by atoms with Crippen LogP contribution in [0, 0.1) is 0 Å². The third-order valence-electron chi connectivity index (χ3n) is 5.34. The van der Waals surface area contributed by atoms with Crippen molar-refractivity contribution < 1.29 is 18.6 Å². The van der Waals surface area contributed by atoms with Crippen LogP contribution in [0.5, 0.6) is 0 Å². The Morgan fingerprint density at radius 2 is 1.07 bits per heavy atom. The van der Waals surface area contributed by atoms with Gasteiger partial charge in [0.25, 0.3) is 0 Å². The molecule has 0 unspecified atom stereocenters. The number of unbranched alkanes of at least 4 members (excludes halogenated alkanes) is 7. The number of imidazole rings is 2. The van der Waals surface area contributed by atoms with Crippen LogP contribution in [0.3, 0.4) is 0 Å². The lowest BCUT2D eigenvalue weighted by atomic mass is 10.2. The summed E-state index contributed by atoms with van der Waals surface area (Å²) in [7, 11) is 0. The van der Waals surface area contributed by atoms with Crippen LogP contribution >= 0.6 is 0 Å². The van der Waals surface area contributed by atoms with Crippen LogP contribution in [0.1, 0.15) is 78.1 Å². The van der Waals surface area contributed by atoms with Crippen LogP contribution in [-0.2, 0) is 36.0 Å². The fourth-order valence-electron chi connectivity index (χ4n) is 3.49. The molecule has 0 aliphatic carbocycles. The van der Waals surface area contributed by atoms with Gasteiger partial charge in [-0.25, -0.2) is 18.3 Å². The van der Waals surface area contributed by atoms with Gasteiger partial charge in [-0.05, 0) is 38.5 Å². The van der Waals surface area contributed by atoms with Crippen LogP contribution in [-0.4, -0.2) is 22.3 Å². The zero-order valence-corrected chi connectivity index (χ0v) is 19.4. The van der Waals surface area contributed by atoms with E-state index in [1.165, 1.54) is 51.4 Å². The largest absolute Gasteiger partial charge is 0.342 e. The fourth-order valence-corrected chi connectivity index (χ4v) is 3.49. The van der Waals surface area contributed by atoms with Gasteiger partial charge in [0.1, 0.15) is 24.8 Å². The van der Waals surface area contributed by atoms with Crippen LogP contribution < -0.4 is 9.13 Å². The maximum Gasteiger partial charge on any atom is 0.245 e. The van der Waals surface area contributed by atoms with Gasteiger partial charge in [-0.15, -0.1) is 0 Å². The molecule has 6 heteroatoms. The van der Waals surface area contributed by atoms with Crippen molar-refractivity contribution >= 4 is 0 Å². The number of aromatic nitrogens is 4. The molecule has 2 aromatic heterocycles. The molecule has 0 aliphatic rings. The Morgan fingerprint density at radius 3 is 1.50 bits per heavy atom. The Kier molecular flexibility index (Phi) is 13.2. The highest BCUT2D eigenvalue weighted by Gasteiger charge is 2.04. The van der Waals surface area contributed by atoms with Gasteiger partial charge in [-0.1, -0.05) is 39.5 Å². The summed E-state index contributed by atoms with van der Waals surface area (Å²) >= 11 is 0. The molecule has 0 radical (unpaired) electrons. The highest BCUT2D eigenvalue weighted by atomic mass is 16.5. The predicted molar refractivity (Wildman–Crippen MR) is 119 cm³/mol. The molecule has 0 fully saturated rings. The molecule has 6 nitrogen and oxygen atoms in total. The maximum absolute atomic E-state index is 5.79. The maximum atomic E-state index is 5.79. The molecule has 0 saturated heterocycles. The molecular formula is C24H44N4O2+2. The van der Waals surface area contributed by atoms with E-state index in [-0.39, 0.29) is 0 Å². The van der Waals surface area contributed by atoms with Crippen LogP contribution in [0.15, 0.2) is 37.4 Å². The minimum Gasteiger partial charge on any atom is -0.342 e. The standard InChI is InChI=1S/C24H44N4O2/c1-3-5-9-13-25-15-17-27(21-25)23-29-19-11-7-8-12-20-30-24-28-18-16-26(22-28)14-10-6-4-2/h15-18,21-22H,3-14,19-20,23-24H2,1-2H3/q+2. The number of hydrogen-bond acceptors (Lipinski definition) is 2. The quantitative estimate of drug-likeness (QED) is 0.249. The lowest BCUT2D eigenvalue weighted by Gasteiger charge is -2.03. The lowest BCUT2D eigenvalue weighted by Crippen LogP contribution is -2.32. The number of ether oxygens (including phenoxy) is 2. The lowest BCUT2D eigenvalue weighted by molar-refractivity contribution is -0.732. The predicted octanol–water partition coefficient (Wildman–Crippen LogP) is 4.45. The summed E-state index contributed by atoms with van der Waals surface area (Å²) in [4.78, 5) is 0. The Morgan fingerprint density at radius 1 is 0.600 bits per heavy atom. The normalized spacial score (nSPS) is 11.4. The second kappa shape index (κ2) is 16.1. The zero-order chi connectivity index (χ0) is 21.3. The Labute approximate surface area is 183 Å². The van der Waals surface area contributed by atoms with Gasteiger partial charge in [0.05, 0.1) is 26.3 Å². The van der Waals surface area contributed by atoms with Crippen molar-refractivity contribution in [2.75, 3.05) is 13.2 Å². The first-order valence-corrected chi connectivity index (χ1v) is 12.1. The molecule has 0 N–H and O–H groups in total. The topological polar surface area (TPSA) is 36.1 Å². The molecule has 2 heterocycles. The first-order valence-electron chi connectivity index (χ1n) is 12.1. The average Bonchev–Trinajstić information content (AvgIpc) is 3.39. The van der Waals surface area contributed by atoms with E-state index in [2.05, 4.69) is 69.6 Å². The van der Waals surface area contributed by atoms with Crippen molar-refractivity contribution in [1.82, 2.24) is 9.13 Å². The van der Waals surface area contributed by atoms with Gasteiger partial charge in [0.15, 0.2) is 13.5 Å². The third kappa shape index (κ3) is 10.9. The van der Waals surface area contributed by atoms with E-state index < -0.39 is 0 Å². The first-order chi connectivity index (χ1) is 14.8. The summed E-state index contributed by atoms with van der Waals surface area (Å²) in [5, 5.41) is 0. The molecule has 30 heavy (non-hydrogen) atoms. The molecule has 0 spiro atoms. The van der Waals surface area contributed by atoms with Gasteiger partial charge in [0.2, 0.25) is 12.7 Å². The molecule has 0 atom stereocenters. The monoisotopic (exact) mass is 420 g/mol. The summed E-state index contributed by atoms with van der Waals surface area (Å²) in [5.74, 6) is 0. The second-order valence-electron chi connectivity index (χ2n) is 8.23. The SMILES string of the molecule is CCCCCn1cc[n+](COCCCCCCOC[n+]2ccn(CCCCC)c2)c1. The molecule has 2 rings (SSSR count). The fraction of sp³-hybridized carbons (Fsp3) is 0.750. The van der Waals surface area contributed by atoms with E-state index in [1.54, 1.807) is 0 Å². The molecule has 0 saturated carbocycles. The van der Waals surface area contributed by atoms with Crippen molar-refractivity contribution in [1.29, 1.82) is 0 Å². The van der Waals surface area contributed by atoms with Crippen LogP contribution in [0.25, 0.3) is 0 Å². The van der Waals surface area contributed by atoms with E-state index in [0.717, 1.165) is 39.1 Å². The number of hydrogen-bond donors (Lipinski definition) is 0. The van der Waals surface area contributed by atoms with E-state index in [4.69, 9.17) is 9.47 Å². The minimum atomic E-state index is 0.652. The van der Waals surface area contributed by atoms with Crippen molar-refractivity contribution in [3.63, 3.8) is 0 Å². The molecular weight excluding hydrogens is 376 g/mol. The van der Waals surface area contributed by atoms with E-state index in [9.17, 15) is 0 Å². The van der Waals surface area contributed by atoms with Crippen LogP contribution in [0.4, 0.5) is 0 Å².